The Kier molecular flexibility index (Phi) is 10.6. The zero-order valence-electron chi connectivity index (χ0n) is 18.4. The predicted octanol–water partition coefficient (Wildman–Crippen LogP) is 0.412. The number of hydrogen-bond acceptors (Lipinski definition) is 7. The maximum absolute atomic E-state index is 13.1. The summed E-state index contributed by atoms with van der Waals surface area (Å²) in [5.74, 6) is -2.88. The third-order valence-electron chi connectivity index (χ3n) is 4.34. The normalized spacial score (nSPS) is 16.0. The van der Waals surface area contributed by atoms with E-state index < -0.39 is 27.6 Å². The van der Waals surface area contributed by atoms with Crippen LogP contribution in [-0.2, 0) is 19.4 Å². The van der Waals surface area contributed by atoms with Gasteiger partial charge in [0.05, 0.1) is 23.9 Å². The molecule has 10 heteroatoms. The van der Waals surface area contributed by atoms with Crippen molar-refractivity contribution in [1.29, 1.82) is 0 Å². The van der Waals surface area contributed by atoms with E-state index in [1.165, 1.54) is 0 Å². The molecule has 4 N–H and O–H groups in total. The Hall–Kier alpha value is -1.23. The van der Waals surface area contributed by atoms with Crippen molar-refractivity contribution in [2.24, 2.45) is 23.2 Å². The van der Waals surface area contributed by atoms with Gasteiger partial charge < -0.3 is 10.6 Å². The van der Waals surface area contributed by atoms with Crippen LogP contribution in [0.15, 0.2) is 0 Å². The zero-order chi connectivity index (χ0) is 22.3. The van der Waals surface area contributed by atoms with Gasteiger partial charge in [-0.1, -0.05) is 34.6 Å². The van der Waals surface area contributed by atoms with E-state index in [4.69, 9.17) is 5.21 Å². The number of amides is 2. The van der Waals surface area contributed by atoms with Crippen molar-refractivity contribution in [3.05, 3.63) is 0 Å². The Morgan fingerprint density at radius 2 is 1.61 bits per heavy atom. The lowest BCUT2D eigenvalue weighted by atomic mass is 9.83. The Labute approximate surface area is 169 Å². The zero-order valence-corrected chi connectivity index (χ0v) is 19.2. The highest BCUT2D eigenvalue weighted by atomic mass is 32.2. The maximum Gasteiger partial charge on any atom is 0.248 e. The number of carbonyl (C=O) groups excluding carboxylic acids is 2. The van der Waals surface area contributed by atoms with Crippen LogP contribution in [0.4, 0.5) is 0 Å². The number of rotatable bonds is 11. The number of hydrogen-bond donors (Lipinski definition) is 4. The van der Waals surface area contributed by atoms with E-state index in [0.717, 1.165) is 6.26 Å². The van der Waals surface area contributed by atoms with E-state index in [-0.39, 0.29) is 35.8 Å². The van der Waals surface area contributed by atoms with E-state index >= 15 is 0 Å². The van der Waals surface area contributed by atoms with E-state index in [9.17, 15) is 18.0 Å². The molecule has 0 aromatic carbocycles. The van der Waals surface area contributed by atoms with Crippen LogP contribution < -0.4 is 16.1 Å². The first-order valence-corrected chi connectivity index (χ1v) is 11.4. The average molecular weight is 423 g/mol. The van der Waals surface area contributed by atoms with Crippen molar-refractivity contribution in [1.82, 2.24) is 21.0 Å². The summed E-state index contributed by atoms with van der Waals surface area (Å²) >= 11 is 0. The first-order valence-electron chi connectivity index (χ1n) is 9.39. The Bertz CT molecular complexity index is 614. The molecule has 0 rings (SSSR count). The summed E-state index contributed by atoms with van der Waals surface area (Å²) in [7, 11) is 0.437. The monoisotopic (exact) mass is 422 g/mol. The molecule has 0 bridgehead atoms. The summed E-state index contributed by atoms with van der Waals surface area (Å²) in [6, 6.07) is 0. The minimum atomic E-state index is -3.28. The lowest BCUT2D eigenvalue weighted by Crippen LogP contribution is -2.56. The SMILES string of the molecule is CC(C)C[C@@H](C(=O)N[C@@H](N(C)C)C(C)(C)C)[C@H](CNCS(C)(=O)=O)C(=O)NO. The molecule has 166 valence electrons. The summed E-state index contributed by atoms with van der Waals surface area (Å²) in [4.78, 5) is 27.3. The van der Waals surface area contributed by atoms with Crippen LogP contribution in [0, 0.1) is 23.2 Å². The van der Waals surface area contributed by atoms with Gasteiger partial charge in [0, 0.05) is 12.8 Å². The van der Waals surface area contributed by atoms with Crippen LogP contribution in [0.25, 0.3) is 0 Å². The van der Waals surface area contributed by atoms with Gasteiger partial charge in [-0.2, -0.15) is 0 Å². The first-order chi connectivity index (χ1) is 12.6. The predicted molar refractivity (Wildman–Crippen MR) is 109 cm³/mol. The van der Waals surface area contributed by atoms with Crippen LogP contribution in [-0.4, -0.2) is 69.3 Å². The molecule has 0 saturated carbocycles. The molecule has 3 atom stereocenters. The molecule has 0 aromatic heterocycles. The molecular weight excluding hydrogens is 384 g/mol. The molecule has 0 aliphatic heterocycles. The largest absolute Gasteiger partial charge is 0.340 e. The van der Waals surface area contributed by atoms with Crippen molar-refractivity contribution in [2.45, 2.75) is 47.2 Å². The highest BCUT2D eigenvalue weighted by molar-refractivity contribution is 7.90. The fraction of sp³-hybridized carbons (Fsp3) is 0.889. The molecule has 0 aliphatic rings. The summed E-state index contributed by atoms with van der Waals surface area (Å²) in [6.07, 6.45) is 1.22. The third-order valence-corrected chi connectivity index (χ3v) is 5.07. The molecular formula is C18H38N4O5S. The molecule has 0 fully saturated rings. The molecule has 0 spiro atoms. The van der Waals surface area contributed by atoms with Crippen LogP contribution in [0.5, 0.6) is 0 Å². The van der Waals surface area contributed by atoms with Gasteiger partial charge >= 0.3 is 0 Å². The van der Waals surface area contributed by atoms with Gasteiger partial charge in [-0.25, -0.2) is 13.9 Å². The van der Waals surface area contributed by atoms with Gasteiger partial charge in [0.1, 0.15) is 0 Å². The summed E-state index contributed by atoms with van der Waals surface area (Å²) in [5, 5.41) is 14.9. The number of carbonyl (C=O) groups is 2. The molecule has 0 aromatic rings. The second-order valence-electron chi connectivity index (χ2n) is 9.08. The summed E-state index contributed by atoms with van der Waals surface area (Å²) < 4.78 is 22.7. The van der Waals surface area contributed by atoms with Gasteiger partial charge in [0.25, 0.3) is 0 Å². The average Bonchev–Trinajstić information content (AvgIpc) is 2.51. The van der Waals surface area contributed by atoms with Crippen LogP contribution in [0.3, 0.4) is 0 Å². The Morgan fingerprint density at radius 3 is 1.96 bits per heavy atom. The number of nitrogens with zero attached hydrogens (tertiary/aromatic N) is 1. The van der Waals surface area contributed by atoms with Crippen molar-refractivity contribution >= 4 is 21.7 Å². The van der Waals surface area contributed by atoms with Gasteiger partial charge in [-0.3, -0.25) is 19.7 Å². The highest BCUT2D eigenvalue weighted by Crippen LogP contribution is 2.25. The van der Waals surface area contributed by atoms with Crippen molar-refractivity contribution in [3.63, 3.8) is 0 Å². The van der Waals surface area contributed by atoms with Gasteiger partial charge in [0.2, 0.25) is 11.8 Å². The van der Waals surface area contributed by atoms with E-state index in [1.54, 1.807) is 5.48 Å². The topological polar surface area (TPSA) is 128 Å². The second-order valence-corrected chi connectivity index (χ2v) is 11.2. The summed E-state index contributed by atoms with van der Waals surface area (Å²) in [5.41, 5.74) is 1.36. The molecule has 2 amide bonds. The Morgan fingerprint density at radius 1 is 1.07 bits per heavy atom. The standard InChI is InChI=1S/C18H38N4O5S/c1-12(2)9-13(15(23)20-17(22(6)7)18(3,4)5)14(16(24)21-25)10-19-11-28(8,26)27/h12-14,17,19,25H,9-11H2,1-8H3,(H,20,23)(H,21,24)/t13-,14+,17+/m1/s1. The molecule has 0 saturated heterocycles. The molecule has 28 heavy (non-hydrogen) atoms. The fourth-order valence-corrected chi connectivity index (χ4v) is 3.71. The maximum atomic E-state index is 13.1. The van der Waals surface area contributed by atoms with Gasteiger partial charge in [0.15, 0.2) is 9.84 Å². The third kappa shape index (κ3) is 9.81. The molecule has 0 radical (unpaired) electrons. The minimum absolute atomic E-state index is 0.0492. The van der Waals surface area contributed by atoms with Crippen molar-refractivity contribution in [3.8, 4) is 0 Å². The first kappa shape index (κ1) is 26.8. The summed E-state index contributed by atoms with van der Waals surface area (Å²) in [6.45, 7) is 9.83. The van der Waals surface area contributed by atoms with Gasteiger partial charge in [-0.15, -0.1) is 0 Å². The molecule has 0 heterocycles. The lowest BCUT2D eigenvalue weighted by molar-refractivity contribution is -0.141. The number of hydroxylamine groups is 1. The van der Waals surface area contributed by atoms with Crippen molar-refractivity contribution < 1.29 is 23.2 Å². The second kappa shape index (κ2) is 11.1. The number of sulfone groups is 1. The quantitative estimate of drug-likeness (QED) is 0.216. The van der Waals surface area contributed by atoms with E-state index in [2.05, 4.69) is 10.6 Å². The smallest absolute Gasteiger partial charge is 0.248 e. The number of nitrogens with one attached hydrogen (secondary N) is 3. The molecule has 0 aliphatic carbocycles. The lowest BCUT2D eigenvalue weighted by Gasteiger charge is -2.38. The van der Waals surface area contributed by atoms with E-state index in [1.807, 2.05) is 53.6 Å². The fourth-order valence-electron chi connectivity index (χ4n) is 3.22. The van der Waals surface area contributed by atoms with Crippen molar-refractivity contribution in [2.75, 3.05) is 32.8 Å². The molecule has 0 unspecified atom stereocenters. The van der Waals surface area contributed by atoms with Crippen LogP contribution in [0.2, 0.25) is 0 Å². The van der Waals surface area contributed by atoms with Crippen LogP contribution in [0.1, 0.15) is 41.0 Å². The molecule has 9 nitrogen and oxygen atoms in total. The van der Waals surface area contributed by atoms with Gasteiger partial charge in [-0.05, 0) is 31.8 Å². The Balaban J connectivity index is 5.64. The van der Waals surface area contributed by atoms with E-state index in [0.29, 0.717) is 6.42 Å². The highest BCUT2D eigenvalue weighted by Gasteiger charge is 2.37. The minimum Gasteiger partial charge on any atom is -0.340 e. The van der Waals surface area contributed by atoms with Crippen LogP contribution >= 0.6 is 0 Å².